The number of carbonyl (C=O) groups excluding carboxylic acids is 2. The Labute approximate surface area is 299 Å². The Bertz CT molecular complexity index is 1850. The fourth-order valence-electron chi connectivity index (χ4n) is 6.69. The molecule has 3 heterocycles. The zero-order chi connectivity index (χ0) is 36.3. The lowest BCUT2D eigenvalue weighted by atomic mass is 10.0. The molecule has 6 rings (SSSR count). The molecule has 5 atom stereocenters. The average molecular weight is 719 g/mol. The first-order valence-corrected chi connectivity index (χ1v) is 18.7. The number of aliphatic hydroxyl groups is 1. The van der Waals surface area contributed by atoms with Crippen molar-refractivity contribution in [1.82, 2.24) is 9.62 Å². The van der Waals surface area contributed by atoms with Crippen LogP contribution in [0.4, 0.5) is 16.2 Å². The first-order valence-electron chi connectivity index (χ1n) is 17.3. The van der Waals surface area contributed by atoms with Gasteiger partial charge in [0.2, 0.25) is 10.0 Å². The van der Waals surface area contributed by atoms with E-state index in [-0.39, 0.29) is 48.8 Å². The quantitative estimate of drug-likeness (QED) is 0.220. The van der Waals surface area contributed by atoms with Gasteiger partial charge in [0.15, 0.2) is 6.29 Å². The molecule has 0 aromatic heterocycles. The fraction of sp³-hybridized carbons (Fsp3) is 0.421. The zero-order valence-corrected chi connectivity index (χ0v) is 30.1. The zero-order valence-electron chi connectivity index (χ0n) is 29.3. The van der Waals surface area contributed by atoms with E-state index < -0.39 is 40.7 Å². The van der Waals surface area contributed by atoms with Gasteiger partial charge >= 0.3 is 6.09 Å². The number of nitrogens with zero attached hydrogens (tertiary/aromatic N) is 2. The molecule has 3 aliphatic heterocycles. The van der Waals surface area contributed by atoms with Crippen molar-refractivity contribution in [2.75, 3.05) is 50.6 Å². The lowest BCUT2D eigenvalue weighted by Gasteiger charge is -2.31. The molecule has 3 aromatic rings. The molecule has 2 fully saturated rings. The highest BCUT2D eigenvalue weighted by atomic mass is 32.2. The van der Waals surface area contributed by atoms with Crippen molar-refractivity contribution < 1.29 is 37.3 Å². The molecule has 272 valence electrons. The molecule has 2 amide bonds. The first-order chi connectivity index (χ1) is 24.4. The van der Waals surface area contributed by atoms with Crippen LogP contribution in [0.1, 0.15) is 37.0 Å². The van der Waals surface area contributed by atoms with Crippen molar-refractivity contribution >= 4 is 45.0 Å². The third kappa shape index (κ3) is 8.45. The van der Waals surface area contributed by atoms with Gasteiger partial charge in [-0.25, -0.2) is 13.2 Å². The van der Waals surface area contributed by atoms with E-state index in [0.29, 0.717) is 23.4 Å². The molecule has 0 saturated carbocycles. The molecule has 0 bridgehead atoms. The van der Waals surface area contributed by atoms with Gasteiger partial charge in [-0.1, -0.05) is 56.3 Å². The first kappa shape index (κ1) is 36.5. The van der Waals surface area contributed by atoms with Crippen molar-refractivity contribution in [3.63, 3.8) is 0 Å². The topological polar surface area (TPSA) is 147 Å². The van der Waals surface area contributed by atoms with Crippen LogP contribution < -0.4 is 15.5 Å². The molecule has 12 nitrogen and oxygen atoms in total. The van der Waals surface area contributed by atoms with Crippen LogP contribution in [-0.4, -0.2) is 94.8 Å². The van der Waals surface area contributed by atoms with Crippen molar-refractivity contribution in [3.8, 4) is 0 Å². The molecule has 2 saturated heterocycles. The lowest BCUT2D eigenvalue weighted by molar-refractivity contribution is -0.110. The highest BCUT2D eigenvalue weighted by molar-refractivity contribution is 7.89. The predicted molar refractivity (Wildman–Crippen MR) is 194 cm³/mol. The summed E-state index contributed by atoms with van der Waals surface area (Å²) in [6, 6.07) is 20.7. The van der Waals surface area contributed by atoms with Gasteiger partial charge in [0.25, 0.3) is 5.91 Å². The Morgan fingerprint density at radius 2 is 1.80 bits per heavy atom. The summed E-state index contributed by atoms with van der Waals surface area (Å²) in [4.78, 5) is 28.2. The van der Waals surface area contributed by atoms with Gasteiger partial charge in [-0.15, -0.1) is 0 Å². The Kier molecular flexibility index (Phi) is 11.1. The summed E-state index contributed by atoms with van der Waals surface area (Å²) >= 11 is 0. The SMILES string of the molecule is CC(C)CN(CC(O)C(Cc1ccccc1)NC(=O)OC1COC2OCCC12)S(=O)(=O)c1ccc2c(c1)C(=Cc1ccc(N(C)C)cc1)C(=O)N2. The molecule has 0 spiro atoms. The van der Waals surface area contributed by atoms with E-state index in [1.807, 2.05) is 87.4 Å². The number of ether oxygens (including phenoxy) is 3. The van der Waals surface area contributed by atoms with E-state index in [0.717, 1.165) is 23.2 Å². The molecule has 3 aliphatic rings. The number of amides is 2. The third-order valence-corrected chi connectivity index (χ3v) is 11.2. The summed E-state index contributed by atoms with van der Waals surface area (Å²) in [7, 11) is -0.292. The van der Waals surface area contributed by atoms with E-state index >= 15 is 0 Å². The van der Waals surface area contributed by atoms with Gasteiger partial charge in [0.05, 0.1) is 36.2 Å². The third-order valence-electron chi connectivity index (χ3n) is 9.40. The standard InChI is InChI=1S/C38H46N4O8S/c1-24(2)21-42(22-34(43)33(19-25-8-6-5-7-9-25)40-38(45)50-35-23-49-37-29(35)16-17-48-37)51(46,47)28-14-15-32-30(20-28)31(36(44)39-32)18-26-10-12-27(13-11-26)41(3)4/h5-15,18,20,24,29,33-35,37,43H,16-17,19,21-23H2,1-4H3,(H,39,44)(H,40,45). The monoisotopic (exact) mass is 718 g/mol. The molecule has 3 N–H and O–H groups in total. The van der Waals surface area contributed by atoms with Crippen molar-refractivity contribution in [2.45, 2.75) is 56.1 Å². The number of anilines is 2. The molecule has 3 aromatic carbocycles. The maximum absolute atomic E-state index is 14.3. The van der Waals surface area contributed by atoms with E-state index in [9.17, 15) is 23.1 Å². The van der Waals surface area contributed by atoms with E-state index in [2.05, 4.69) is 10.6 Å². The van der Waals surface area contributed by atoms with Gasteiger partial charge in [-0.05, 0) is 66.3 Å². The second-order valence-electron chi connectivity index (χ2n) is 13.9. The largest absolute Gasteiger partial charge is 0.443 e. The van der Waals surface area contributed by atoms with Gasteiger partial charge in [0.1, 0.15) is 6.10 Å². The Hall–Kier alpha value is -4.27. The van der Waals surface area contributed by atoms with Gasteiger partial charge in [-0.3, -0.25) is 4.79 Å². The summed E-state index contributed by atoms with van der Waals surface area (Å²) in [6.07, 6.45) is -0.204. The van der Waals surface area contributed by atoms with Gasteiger partial charge in [0, 0.05) is 49.7 Å². The van der Waals surface area contributed by atoms with Crippen LogP contribution in [0.15, 0.2) is 77.7 Å². The van der Waals surface area contributed by atoms with Crippen LogP contribution in [0.5, 0.6) is 0 Å². The number of sulfonamides is 1. The Balaban J connectivity index is 1.24. The van der Waals surface area contributed by atoms with Gasteiger partial charge < -0.3 is 34.9 Å². The Morgan fingerprint density at radius 3 is 2.51 bits per heavy atom. The van der Waals surface area contributed by atoms with Crippen LogP contribution in [0.3, 0.4) is 0 Å². The number of aliphatic hydroxyl groups excluding tert-OH is 1. The number of hydrogen-bond donors (Lipinski definition) is 3. The summed E-state index contributed by atoms with van der Waals surface area (Å²) in [5.74, 6) is -0.469. The van der Waals surface area contributed by atoms with Crippen LogP contribution in [0.2, 0.25) is 0 Å². The highest BCUT2D eigenvalue weighted by Crippen LogP contribution is 2.36. The Morgan fingerprint density at radius 1 is 1.06 bits per heavy atom. The van der Waals surface area contributed by atoms with Crippen LogP contribution >= 0.6 is 0 Å². The van der Waals surface area contributed by atoms with Crippen molar-refractivity contribution in [2.24, 2.45) is 11.8 Å². The van der Waals surface area contributed by atoms with Crippen LogP contribution in [0, 0.1) is 11.8 Å². The smallest absolute Gasteiger partial charge is 0.407 e. The molecule has 5 unspecified atom stereocenters. The molecule has 13 heteroatoms. The van der Waals surface area contributed by atoms with Gasteiger partial charge in [-0.2, -0.15) is 4.31 Å². The second-order valence-corrected chi connectivity index (χ2v) is 15.8. The van der Waals surface area contributed by atoms with Crippen molar-refractivity contribution in [3.05, 3.63) is 89.5 Å². The molecule has 0 aliphatic carbocycles. The fourth-order valence-corrected chi connectivity index (χ4v) is 8.34. The van der Waals surface area contributed by atoms with E-state index in [1.165, 1.54) is 16.4 Å². The normalized spacial score (nSPS) is 21.7. The van der Waals surface area contributed by atoms with Crippen LogP contribution in [-0.2, 0) is 35.4 Å². The molecule has 51 heavy (non-hydrogen) atoms. The summed E-state index contributed by atoms with van der Waals surface area (Å²) in [5, 5.41) is 17.3. The van der Waals surface area contributed by atoms with E-state index in [4.69, 9.17) is 14.2 Å². The number of hydrogen-bond acceptors (Lipinski definition) is 9. The minimum absolute atomic E-state index is 0.0130. The second kappa shape index (κ2) is 15.5. The molecular formula is C38H46N4O8S. The maximum Gasteiger partial charge on any atom is 0.407 e. The summed E-state index contributed by atoms with van der Waals surface area (Å²) < 4.78 is 46.8. The predicted octanol–water partition coefficient (Wildman–Crippen LogP) is 4.35. The number of rotatable bonds is 13. The number of benzene rings is 3. The summed E-state index contributed by atoms with van der Waals surface area (Å²) in [6.45, 7) is 4.35. The minimum atomic E-state index is -4.18. The van der Waals surface area contributed by atoms with Crippen molar-refractivity contribution in [1.29, 1.82) is 0 Å². The number of nitrogens with one attached hydrogen (secondary N) is 2. The molecule has 0 radical (unpaired) electrons. The van der Waals surface area contributed by atoms with E-state index in [1.54, 1.807) is 12.1 Å². The maximum atomic E-state index is 14.3. The molecular weight excluding hydrogens is 673 g/mol. The summed E-state index contributed by atoms with van der Waals surface area (Å²) in [5.41, 5.74) is 3.99. The number of fused-ring (bicyclic) bond motifs is 2. The average Bonchev–Trinajstić information content (AvgIpc) is 3.80. The highest BCUT2D eigenvalue weighted by Gasteiger charge is 2.44. The van der Waals surface area contributed by atoms with Crippen LogP contribution in [0.25, 0.3) is 11.6 Å². The lowest BCUT2D eigenvalue weighted by Crippen LogP contribution is -2.51. The number of carbonyl (C=O) groups is 2. The number of alkyl carbamates (subject to hydrolysis) is 1. The minimum Gasteiger partial charge on any atom is -0.443 e.